The van der Waals surface area contributed by atoms with Crippen LogP contribution in [0.3, 0.4) is 0 Å². The van der Waals surface area contributed by atoms with Crippen LogP contribution in [0.25, 0.3) is 0 Å². The predicted octanol–water partition coefficient (Wildman–Crippen LogP) is 0.463. The number of hydrogen-bond donors (Lipinski definition) is 1. The summed E-state index contributed by atoms with van der Waals surface area (Å²) in [6.45, 7) is 0.207. The number of carbonyl (C=O) groups excluding carboxylic acids is 1. The van der Waals surface area contributed by atoms with E-state index in [0.717, 1.165) is 6.26 Å². The molecular formula is C14H17N3O6S. The Hall–Kier alpha value is -2.62. The fourth-order valence-electron chi connectivity index (χ4n) is 1.85. The summed E-state index contributed by atoms with van der Waals surface area (Å²) < 4.78 is 37.7. The third-order valence-corrected chi connectivity index (χ3v) is 3.84. The van der Waals surface area contributed by atoms with Gasteiger partial charge in [0.1, 0.15) is 0 Å². The third-order valence-electron chi connectivity index (χ3n) is 3.04. The Morgan fingerprint density at radius 2 is 1.92 bits per heavy atom. The minimum atomic E-state index is -3.53. The molecule has 0 aliphatic carbocycles. The van der Waals surface area contributed by atoms with Crippen molar-refractivity contribution < 1.29 is 27.1 Å². The number of rotatable bonds is 7. The van der Waals surface area contributed by atoms with Gasteiger partial charge in [0.2, 0.25) is 15.7 Å². The number of benzene rings is 1. The smallest absolute Gasteiger partial charge is 0.335 e. The summed E-state index contributed by atoms with van der Waals surface area (Å²) in [5.74, 6) is 0.773. The molecule has 0 radical (unpaired) electrons. The lowest BCUT2D eigenvalue weighted by Crippen LogP contribution is -2.25. The molecule has 0 saturated heterocycles. The van der Waals surface area contributed by atoms with Crippen LogP contribution in [0.4, 0.5) is 0 Å². The van der Waals surface area contributed by atoms with Gasteiger partial charge in [-0.05, 0) is 18.2 Å². The summed E-state index contributed by atoms with van der Waals surface area (Å²) in [5, 5.41) is 9.29. The first kappa shape index (κ1) is 17.7. The summed E-state index contributed by atoms with van der Waals surface area (Å²) in [4.78, 5) is 12.1. The van der Waals surface area contributed by atoms with Crippen molar-refractivity contribution in [2.75, 3.05) is 27.0 Å². The van der Waals surface area contributed by atoms with Crippen LogP contribution in [0.5, 0.6) is 11.5 Å². The molecule has 10 heteroatoms. The van der Waals surface area contributed by atoms with E-state index >= 15 is 0 Å². The van der Waals surface area contributed by atoms with Gasteiger partial charge >= 0.3 is 5.22 Å². The number of nitrogens with one attached hydrogen (secondary N) is 1. The van der Waals surface area contributed by atoms with Crippen LogP contribution >= 0.6 is 0 Å². The maximum atomic E-state index is 12.1. The van der Waals surface area contributed by atoms with Crippen molar-refractivity contribution in [3.8, 4) is 11.5 Å². The van der Waals surface area contributed by atoms with Gasteiger partial charge in [-0.15, -0.1) is 5.10 Å². The summed E-state index contributed by atoms with van der Waals surface area (Å²) in [5.41, 5.74) is 0.398. The molecule has 130 valence electrons. The van der Waals surface area contributed by atoms with Crippen molar-refractivity contribution >= 4 is 15.7 Å². The second-order valence-electron chi connectivity index (χ2n) is 4.81. The topological polar surface area (TPSA) is 121 Å². The molecule has 0 saturated carbocycles. The van der Waals surface area contributed by atoms with Crippen LogP contribution in [0, 0.1) is 0 Å². The Balaban J connectivity index is 1.95. The largest absolute Gasteiger partial charge is 0.493 e. The molecular weight excluding hydrogens is 338 g/mol. The van der Waals surface area contributed by atoms with E-state index < -0.39 is 15.1 Å². The molecule has 1 amide bonds. The molecule has 0 atom stereocenters. The van der Waals surface area contributed by atoms with Crippen LogP contribution in [0.1, 0.15) is 16.2 Å². The number of nitrogens with zero attached hydrogens (tertiary/aromatic N) is 2. The van der Waals surface area contributed by atoms with Gasteiger partial charge in [-0.1, -0.05) is 5.10 Å². The Kier molecular flexibility index (Phi) is 5.39. The number of hydrogen-bond acceptors (Lipinski definition) is 8. The normalized spacial score (nSPS) is 11.1. The van der Waals surface area contributed by atoms with Crippen molar-refractivity contribution in [3.63, 3.8) is 0 Å². The zero-order chi connectivity index (χ0) is 17.7. The lowest BCUT2D eigenvalue weighted by Gasteiger charge is -2.09. The fraction of sp³-hybridized carbons (Fsp3) is 0.357. The van der Waals surface area contributed by atoms with E-state index in [0.29, 0.717) is 17.1 Å². The van der Waals surface area contributed by atoms with Crippen molar-refractivity contribution in [2.45, 2.75) is 11.6 Å². The summed E-state index contributed by atoms with van der Waals surface area (Å²) in [6, 6.07) is 4.79. The SMILES string of the molecule is COc1ccc(C(=O)NCCc2nnc(S(C)(=O)=O)o2)cc1OC. The van der Waals surface area contributed by atoms with Crippen molar-refractivity contribution in [2.24, 2.45) is 0 Å². The number of aromatic nitrogens is 2. The van der Waals surface area contributed by atoms with E-state index in [9.17, 15) is 13.2 Å². The van der Waals surface area contributed by atoms with Gasteiger partial charge in [-0.2, -0.15) is 0 Å². The highest BCUT2D eigenvalue weighted by Crippen LogP contribution is 2.27. The minimum Gasteiger partial charge on any atom is -0.493 e. The molecule has 1 heterocycles. The van der Waals surface area contributed by atoms with Gasteiger partial charge < -0.3 is 19.2 Å². The van der Waals surface area contributed by atoms with Crippen molar-refractivity contribution in [1.29, 1.82) is 0 Å². The molecule has 0 unspecified atom stereocenters. The molecule has 1 N–H and O–H groups in total. The van der Waals surface area contributed by atoms with Crippen molar-refractivity contribution in [1.82, 2.24) is 15.5 Å². The highest BCUT2D eigenvalue weighted by Gasteiger charge is 2.16. The first-order valence-electron chi connectivity index (χ1n) is 6.88. The van der Waals surface area contributed by atoms with Gasteiger partial charge in [0.25, 0.3) is 5.91 Å². The van der Waals surface area contributed by atoms with E-state index in [2.05, 4.69) is 15.5 Å². The number of sulfone groups is 1. The van der Waals surface area contributed by atoms with Gasteiger partial charge in [-0.25, -0.2) is 8.42 Å². The van der Waals surface area contributed by atoms with E-state index in [1.165, 1.54) is 14.2 Å². The monoisotopic (exact) mass is 355 g/mol. The summed E-state index contributed by atoms with van der Waals surface area (Å²) >= 11 is 0. The lowest BCUT2D eigenvalue weighted by atomic mass is 10.2. The quantitative estimate of drug-likeness (QED) is 0.760. The van der Waals surface area contributed by atoms with Crippen LogP contribution in [0.15, 0.2) is 27.8 Å². The predicted molar refractivity (Wildman–Crippen MR) is 83.0 cm³/mol. The average Bonchev–Trinajstić information content (AvgIpc) is 3.03. The van der Waals surface area contributed by atoms with Crippen LogP contribution < -0.4 is 14.8 Å². The maximum Gasteiger partial charge on any atom is 0.335 e. The van der Waals surface area contributed by atoms with Crippen molar-refractivity contribution in [3.05, 3.63) is 29.7 Å². The maximum absolute atomic E-state index is 12.1. The minimum absolute atomic E-state index is 0.128. The lowest BCUT2D eigenvalue weighted by molar-refractivity contribution is 0.0953. The molecule has 0 aliphatic rings. The van der Waals surface area contributed by atoms with E-state index in [1.54, 1.807) is 18.2 Å². The molecule has 0 bridgehead atoms. The highest BCUT2D eigenvalue weighted by molar-refractivity contribution is 7.90. The standard InChI is InChI=1S/C14H17N3O6S/c1-21-10-5-4-9(8-11(10)22-2)13(18)15-7-6-12-16-17-14(23-12)24(3,19)20/h4-5,8H,6-7H2,1-3H3,(H,15,18). The zero-order valence-electron chi connectivity index (χ0n) is 13.4. The Labute approximate surface area is 138 Å². The highest BCUT2D eigenvalue weighted by atomic mass is 32.2. The van der Waals surface area contributed by atoms with Crippen LogP contribution in [-0.2, 0) is 16.3 Å². The molecule has 1 aromatic carbocycles. The first-order chi connectivity index (χ1) is 11.3. The molecule has 1 aromatic heterocycles. The molecule has 0 aliphatic heterocycles. The first-order valence-corrected chi connectivity index (χ1v) is 8.77. The van der Waals surface area contributed by atoms with Gasteiger partial charge in [0.05, 0.1) is 14.2 Å². The van der Waals surface area contributed by atoms with E-state index in [4.69, 9.17) is 13.9 Å². The number of methoxy groups -OCH3 is 2. The molecule has 0 fully saturated rings. The van der Waals surface area contributed by atoms with Gasteiger partial charge in [-0.3, -0.25) is 4.79 Å². The van der Waals surface area contributed by atoms with Crippen LogP contribution in [0.2, 0.25) is 0 Å². The molecule has 2 rings (SSSR count). The molecule has 24 heavy (non-hydrogen) atoms. The van der Waals surface area contributed by atoms with Gasteiger partial charge in [0.15, 0.2) is 11.5 Å². The van der Waals surface area contributed by atoms with E-state index in [-0.39, 0.29) is 24.8 Å². The second kappa shape index (κ2) is 7.30. The average molecular weight is 355 g/mol. The molecule has 2 aromatic rings. The van der Waals surface area contributed by atoms with E-state index in [1.807, 2.05) is 0 Å². The fourth-order valence-corrected chi connectivity index (χ4v) is 2.29. The Morgan fingerprint density at radius 1 is 1.21 bits per heavy atom. The summed E-state index contributed by atoms with van der Waals surface area (Å²) in [7, 11) is -0.547. The number of carbonyl (C=O) groups is 1. The summed E-state index contributed by atoms with van der Waals surface area (Å²) in [6.07, 6.45) is 1.19. The number of ether oxygens (including phenoxy) is 2. The third kappa shape index (κ3) is 4.22. The Morgan fingerprint density at radius 3 is 2.50 bits per heavy atom. The molecule has 0 spiro atoms. The second-order valence-corrected chi connectivity index (χ2v) is 6.70. The number of amides is 1. The van der Waals surface area contributed by atoms with Crippen LogP contribution in [-0.4, -0.2) is 51.5 Å². The van der Waals surface area contributed by atoms with Gasteiger partial charge in [0, 0.05) is 24.8 Å². The zero-order valence-corrected chi connectivity index (χ0v) is 14.2. The Bertz CT molecular complexity index is 831. The molecule has 9 nitrogen and oxygen atoms in total.